The molecule has 1 aliphatic heterocycles. The van der Waals surface area contributed by atoms with Crippen LogP contribution < -0.4 is 0 Å². The number of hydrogen-bond acceptors (Lipinski definition) is 2. The van der Waals surface area contributed by atoms with Crippen molar-refractivity contribution in [2.75, 3.05) is 13.1 Å². The van der Waals surface area contributed by atoms with Crippen molar-refractivity contribution in [1.82, 2.24) is 4.90 Å². The zero-order chi connectivity index (χ0) is 14.0. The van der Waals surface area contributed by atoms with Crippen molar-refractivity contribution in [2.45, 2.75) is 31.8 Å². The molecule has 0 aromatic heterocycles. The van der Waals surface area contributed by atoms with Crippen LogP contribution in [-0.2, 0) is 0 Å². The Bertz CT molecular complexity index is 470. The van der Waals surface area contributed by atoms with E-state index in [0.29, 0.717) is 30.4 Å². The van der Waals surface area contributed by atoms with Gasteiger partial charge >= 0.3 is 0 Å². The standard InChI is InChI=1S/C14H17BrFNO2/c1-14(19)6-3-8-17(9-7-14)13(18)12-10(15)4-2-5-11(12)16/h2,4-5,19H,3,6-9H2,1H3. The van der Waals surface area contributed by atoms with Crippen LogP contribution in [-0.4, -0.2) is 34.6 Å². The molecule has 104 valence electrons. The van der Waals surface area contributed by atoms with E-state index >= 15 is 0 Å². The summed E-state index contributed by atoms with van der Waals surface area (Å²) in [5.74, 6) is -0.835. The van der Waals surface area contributed by atoms with Gasteiger partial charge in [0.05, 0.1) is 11.2 Å². The minimum absolute atomic E-state index is 0.0732. The fraction of sp³-hybridized carbons (Fsp3) is 0.500. The number of amides is 1. The van der Waals surface area contributed by atoms with Crippen molar-refractivity contribution in [2.24, 2.45) is 0 Å². The molecule has 1 saturated heterocycles. The number of hydrogen-bond donors (Lipinski definition) is 1. The Balaban J connectivity index is 2.20. The molecule has 3 nitrogen and oxygen atoms in total. The zero-order valence-corrected chi connectivity index (χ0v) is 12.4. The smallest absolute Gasteiger partial charge is 0.257 e. The lowest BCUT2D eigenvalue weighted by Gasteiger charge is -2.23. The molecule has 1 unspecified atom stereocenters. The Morgan fingerprint density at radius 2 is 2.16 bits per heavy atom. The molecule has 1 aromatic rings. The van der Waals surface area contributed by atoms with Crippen LogP contribution in [0.4, 0.5) is 4.39 Å². The maximum absolute atomic E-state index is 13.8. The third kappa shape index (κ3) is 3.34. The van der Waals surface area contributed by atoms with Crippen LogP contribution in [0.2, 0.25) is 0 Å². The normalized spacial score (nSPS) is 24.1. The predicted molar refractivity (Wildman–Crippen MR) is 74.5 cm³/mol. The van der Waals surface area contributed by atoms with Gasteiger partial charge in [0.15, 0.2) is 0 Å². The zero-order valence-electron chi connectivity index (χ0n) is 10.8. The molecule has 1 aliphatic rings. The average molecular weight is 330 g/mol. The first kappa shape index (κ1) is 14.5. The summed E-state index contributed by atoms with van der Waals surface area (Å²) in [5.41, 5.74) is -0.661. The summed E-state index contributed by atoms with van der Waals surface area (Å²) < 4.78 is 14.2. The quantitative estimate of drug-likeness (QED) is 0.860. The summed E-state index contributed by atoms with van der Waals surface area (Å²) in [6.45, 7) is 2.78. The summed E-state index contributed by atoms with van der Waals surface area (Å²) in [6.07, 6.45) is 1.91. The van der Waals surface area contributed by atoms with Crippen LogP contribution in [0, 0.1) is 5.82 Å². The topological polar surface area (TPSA) is 40.5 Å². The fourth-order valence-corrected chi connectivity index (χ4v) is 2.84. The number of likely N-dealkylation sites (tertiary alicyclic amines) is 1. The SMILES string of the molecule is CC1(O)CCCN(C(=O)c2c(F)cccc2Br)CC1. The first-order chi connectivity index (χ1) is 8.91. The molecular formula is C14H17BrFNO2. The number of aliphatic hydroxyl groups is 1. The number of carbonyl (C=O) groups is 1. The van der Waals surface area contributed by atoms with Crippen LogP contribution in [0.25, 0.3) is 0 Å². The van der Waals surface area contributed by atoms with Crippen LogP contribution >= 0.6 is 15.9 Å². The lowest BCUT2D eigenvalue weighted by molar-refractivity contribution is 0.0437. The number of benzene rings is 1. The van der Waals surface area contributed by atoms with Gasteiger partial charge < -0.3 is 10.0 Å². The van der Waals surface area contributed by atoms with Gasteiger partial charge in [-0.3, -0.25) is 4.79 Å². The van der Waals surface area contributed by atoms with E-state index in [1.165, 1.54) is 6.07 Å². The molecule has 1 fully saturated rings. The number of nitrogens with zero attached hydrogens (tertiary/aromatic N) is 1. The molecule has 0 bridgehead atoms. The Labute approximate surface area is 120 Å². The highest BCUT2D eigenvalue weighted by molar-refractivity contribution is 9.10. The van der Waals surface area contributed by atoms with Gasteiger partial charge in [-0.15, -0.1) is 0 Å². The summed E-state index contributed by atoms with van der Waals surface area (Å²) in [5, 5.41) is 10.0. The molecular weight excluding hydrogens is 313 g/mol. The number of halogens is 2. The Morgan fingerprint density at radius 3 is 2.84 bits per heavy atom. The van der Waals surface area contributed by atoms with Crippen LogP contribution in [0.5, 0.6) is 0 Å². The molecule has 1 amide bonds. The van der Waals surface area contributed by atoms with E-state index < -0.39 is 11.4 Å². The molecule has 0 saturated carbocycles. The van der Waals surface area contributed by atoms with Gasteiger partial charge in [0, 0.05) is 17.6 Å². The van der Waals surface area contributed by atoms with Crippen molar-refractivity contribution in [1.29, 1.82) is 0 Å². The highest BCUT2D eigenvalue weighted by Crippen LogP contribution is 2.25. The van der Waals surface area contributed by atoms with E-state index in [-0.39, 0.29) is 11.5 Å². The summed E-state index contributed by atoms with van der Waals surface area (Å²) in [4.78, 5) is 14.0. The monoisotopic (exact) mass is 329 g/mol. The fourth-order valence-electron chi connectivity index (χ4n) is 2.33. The van der Waals surface area contributed by atoms with Gasteiger partial charge in [-0.25, -0.2) is 4.39 Å². The van der Waals surface area contributed by atoms with Gasteiger partial charge in [-0.2, -0.15) is 0 Å². The second-order valence-electron chi connectivity index (χ2n) is 5.24. The number of carbonyl (C=O) groups excluding carboxylic acids is 1. The Kier molecular flexibility index (Phi) is 4.26. The molecule has 1 N–H and O–H groups in total. The summed E-state index contributed by atoms with van der Waals surface area (Å²) >= 11 is 3.22. The van der Waals surface area contributed by atoms with Crippen molar-refractivity contribution < 1.29 is 14.3 Å². The van der Waals surface area contributed by atoms with Crippen molar-refractivity contribution in [3.63, 3.8) is 0 Å². The maximum atomic E-state index is 13.8. The molecule has 2 rings (SSSR count). The van der Waals surface area contributed by atoms with Gasteiger partial charge in [-0.1, -0.05) is 6.07 Å². The number of rotatable bonds is 1. The van der Waals surface area contributed by atoms with Crippen LogP contribution in [0.3, 0.4) is 0 Å². The summed E-state index contributed by atoms with van der Waals surface area (Å²) in [6, 6.07) is 4.50. The average Bonchev–Trinajstić information content (AvgIpc) is 2.50. The highest BCUT2D eigenvalue weighted by Gasteiger charge is 2.29. The molecule has 1 aromatic carbocycles. The Morgan fingerprint density at radius 1 is 1.42 bits per heavy atom. The minimum atomic E-state index is -0.735. The van der Waals surface area contributed by atoms with Crippen molar-refractivity contribution in [3.05, 3.63) is 34.1 Å². The lowest BCUT2D eigenvalue weighted by Crippen LogP contribution is -2.34. The van der Waals surface area contributed by atoms with E-state index in [4.69, 9.17) is 0 Å². The van der Waals surface area contributed by atoms with E-state index in [1.54, 1.807) is 24.0 Å². The Hall–Kier alpha value is -0.940. The molecule has 5 heteroatoms. The van der Waals surface area contributed by atoms with E-state index in [1.807, 2.05) is 0 Å². The minimum Gasteiger partial charge on any atom is -0.390 e. The van der Waals surface area contributed by atoms with E-state index in [2.05, 4.69) is 15.9 Å². The third-order valence-electron chi connectivity index (χ3n) is 3.53. The maximum Gasteiger partial charge on any atom is 0.257 e. The van der Waals surface area contributed by atoms with E-state index in [9.17, 15) is 14.3 Å². The third-order valence-corrected chi connectivity index (χ3v) is 4.19. The molecule has 0 aliphatic carbocycles. The lowest BCUT2D eigenvalue weighted by atomic mass is 9.98. The second kappa shape index (κ2) is 5.59. The van der Waals surface area contributed by atoms with Crippen molar-refractivity contribution >= 4 is 21.8 Å². The van der Waals surface area contributed by atoms with Gasteiger partial charge in [0.1, 0.15) is 5.82 Å². The van der Waals surface area contributed by atoms with Gasteiger partial charge in [-0.05, 0) is 54.2 Å². The molecule has 0 spiro atoms. The van der Waals surface area contributed by atoms with Gasteiger partial charge in [0.2, 0.25) is 0 Å². The first-order valence-electron chi connectivity index (χ1n) is 6.36. The predicted octanol–water partition coefficient (Wildman–Crippen LogP) is 2.97. The molecule has 19 heavy (non-hydrogen) atoms. The largest absolute Gasteiger partial charge is 0.390 e. The first-order valence-corrected chi connectivity index (χ1v) is 7.16. The van der Waals surface area contributed by atoms with Gasteiger partial charge in [0.25, 0.3) is 5.91 Å². The van der Waals surface area contributed by atoms with Crippen LogP contribution in [0.15, 0.2) is 22.7 Å². The molecule has 1 heterocycles. The van der Waals surface area contributed by atoms with Crippen LogP contribution in [0.1, 0.15) is 36.5 Å². The molecule has 1 atom stereocenters. The second-order valence-corrected chi connectivity index (χ2v) is 6.09. The van der Waals surface area contributed by atoms with E-state index in [0.717, 1.165) is 6.42 Å². The highest BCUT2D eigenvalue weighted by atomic mass is 79.9. The van der Waals surface area contributed by atoms with Crippen molar-refractivity contribution in [3.8, 4) is 0 Å². The summed E-state index contributed by atoms with van der Waals surface area (Å²) in [7, 11) is 0. The molecule has 0 radical (unpaired) electrons.